The maximum absolute atomic E-state index is 11.9. The number of hydrogen-bond donors (Lipinski definition) is 1. The fourth-order valence-corrected chi connectivity index (χ4v) is 2.11. The lowest BCUT2D eigenvalue weighted by Crippen LogP contribution is -2.41. The highest BCUT2D eigenvalue weighted by Crippen LogP contribution is 2.22. The molecule has 0 spiro atoms. The van der Waals surface area contributed by atoms with Crippen molar-refractivity contribution >= 4 is 0 Å². The predicted molar refractivity (Wildman–Crippen MR) is 58.4 cm³/mol. The van der Waals surface area contributed by atoms with Crippen molar-refractivity contribution in [2.75, 3.05) is 26.7 Å². The molecule has 0 radical (unpaired) electrons. The van der Waals surface area contributed by atoms with Crippen LogP contribution in [0.3, 0.4) is 0 Å². The molecule has 0 aromatic rings. The normalized spacial score (nSPS) is 20.2. The van der Waals surface area contributed by atoms with Crippen molar-refractivity contribution in [3.05, 3.63) is 0 Å². The van der Waals surface area contributed by atoms with Gasteiger partial charge in [-0.2, -0.15) is 13.2 Å². The number of halogens is 3. The summed E-state index contributed by atoms with van der Waals surface area (Å²) in [6.45, 7) is 2.83. The first kappa shape index (κ1) is 13.8. The molecule has 1 aliphatic rings. The third-order valence-corrected chi connectivity index (χ3v) is 3.18. The maximum atomic E-state index is 11.9. The number of rotatable bonds is 5. The molecule has 16 heavy (non-hydrogen) atoms. The highest BCUT2D eigenvalue weighted by atomic mass is 19.4. The van der Waals surface area contributed by atoms with Crippen LogP contribution in [0.1, 0.15) is 32.1 Å². The number of alkyl halides is 3. The van der Waals surface area contributed by atoms with E-state index in [1.54, 1.807) is 0 Å². The number of nitrogens with zero attached hydrogens (tertiary/aromatic N) is 1. The summed E-state index contributed by atoms with van der Waals surface area (Å²) >= 11 is 0. The van der Waals surface area contributed by atoms with E-state index in [4.69, 9.17) is 0 Å². The van der Waals surface area contributed by atoms with E-state index in [2.05, 4.69) is 10.2 Å². The molecule has 0 aromatic carbocycles. The molecule has 0 bridgehead atoms. The summed E-state index contributed by atoms with van der Waals surface area (Å²) in [5.41, 5.74) is 0. The molecule has 2 nitrogen and oxygen atoms in total. The molecule has 0 aromatic heterocycles. The number of likely N-dealkylation sites (tertiary alicyclic amines) is 1. The Morgan fingerprint density at radius 1 is 1.19 bits per heavy atom. The van der Waals surface area contributed by atoms with Crippen LogP contribution in [0.4, 0.5) is 13.2 Å². The molecular weight excluding hydrogens is 217 g/mol. The van der Waals surface area contributed by atoms with Gasteiger partial charge in [0.05, 0.1) is 0 Å². The fourth-order valence-electron chi connectivity index (χ4n) is 2.11. The van der Waals surface area contributed by atoms with Gasteiger partial charge in [0.15, 0.2) is 0 Å². The van der Waals surface area contributed by atoms with Crippen LogP contribution in [0, 0.1) is 0 Å². The van der Waals surface area contributed by atoms with Crippen LogP contribution in [-0.4, -0.2) is 43.8 Å². The second-order valence-electron chi connectivity index (χ2n) is 4.48. The Hall–Kier alpha value is -0.290. The lowest BCUT2D eigenvalue weighted by Gasteiger charge is -2.31. The average Bonchev–Trinajstić information content (AvgIpc) is 2.24. The Morgan fingerprint density at radius 3 is 2.31 bits per heavy atom. The molecule has 0 aliphatic carbocycles. The monoisotopic (exact) mass is 238 g/mol. The fraction of sp³-hybridized carbons (Fsp3) is 1.00. The summed E-state index contributed by atoms with van der Waals surface area (Å²) < 4.78 is 35.7. The number of unbranched alkanes of at least 4 members (excludes halogenated alkanes) is 1. The highest BCUT2D eigenvalue weighted by Gasteiger charge is 2.26. The van der Waals surface area contributed by atoms with Gasteiger partial charge < -0.3 is 10.2 Å². The summed E-state index contributed by atoms with van der Waals surface area (Å²) in [5.74, 6) is 0. The zero-order valence-corrected chi connectivity index (χ0v) is 9.82. The Kier molecular flexibility index (Phi) is 5.55. The molecule has 1 saturated heterocycles. The van der Waals surface area contributed by atoms with Gasteiger partial charge in [-0.25, -0.2) is 0 Å². The summed E-state index contributed by atoms with van der Waals surface area (Å²) in [6.07, 6.45) is -1.50. The smallest absolute Gasteiger partial charge is 0.317 e. The van der Waals surface area contributed by atoms with Crippen molar-refractivity contribution in [1.82, 2.24) is 10.2 Å². The van der Waals surface area contributed by atoms with Crippen LogP contribution in [0.2, 0.25) is 0 Å². The molecule has 5 heteroatoms. The molecule has 1 N–H and O–H groups in total. The lowest BCUT2D eigenvalue weighted by molar-refractivity contribution is -0.135. The Labute approximate surface area is 95.2 Å². The van der Waals surface area contributed by atoms with E-state index >= 15 is 0 Å². The first-order valence-electron chi connectivity index (χ1n) is 5.97. The Bertz CT molecular complexity index is 186. The van der Waals surface area contributed by atoms with E-state index in [-0.39, 0.29) is 6.42 Å². The molecule has 0 atom stereocenters. The molecular formula is C11H21F3N2. The van der Waals surface area contributed by atoms with E-state index in [0.29, 0.717) is 12.5 Å². The van der Waals surface area contributed by atoms with Crippen molar-refractivity contribution in [3.8, 4) is 0 Å². The Morgan fingerprint density at radius 2 is 1.81 bits per heavy atom. The minimum atomic E-state index is -3.99. The van der Waals surface area contributed by atoms with Crippen LogP contribution in [0.15, 0.2) is 0 Å². The second-order valence-corrected chi connectivity index (χ2v) is 4.48. The van der Waals surface area contributed by atoms with Gasteiger partial charge in [-0.3, -0.25) is 0 Å². The van der Waals surface area contributed by atoms with E-state index in [1.165, 1.54) is 0 Å². The third kappa shape index (κ3) is 5.70. The van der Waals surface area contributed by atoms with E-state index < -0.39 is 12.6 Å². The van der Waals surface area contributed by atoms with Gasteiger partial charge in [0, 0.05) is 12.5 Å². The average molecular weight is 238 g/mol. The zero-order chi connectivity index (χ0) is 12.0. The standard InChI is InChI=1S/C11H21F3N2/c1-15-10-4-8-16(9-5-10)7-3-2-6-11(12,13)14/h10,15H,2-9H2,1H3. The van der Waals surface area contributed by atoms with Crippen molar-refractivity contribution in [1.29, 1.82) is 0 Å². The molecule has 0 amide bonds. The lowest BCUT2D eigenvalue weighted by atomic mass is 10.0. The predicted octanol–water partition coefficient (Wildman–Crippen LogP) is 2.40. The zero-order valence-electron chi connectivity index (χ0n) is 9.82. The molecule has 0 unspecified atom stereocenters. The van der Waals surface area contributed by atoms with Crippen molar-refractivity contribution in [2.45, 2.75) is 44.3 Å². The molecule has 1 heterocycles. The topological polar surface area (TPSA) is 15.3 Å². The number of hydrogen-bond acceptors (Lipinski definition) is 2. The van der Waals surface area contributed by atoms with Crippen LogP contribution in [0.5, 0.6) is 0 Å². The Balaban J connectivity index is 2.02. The summed E-state index contributed by atoms with van der Waals surface area (Å²) in [6, 6.07) is 0.589. The van der Waals surface area contributed by atoms with E-state index in [1.807, 2.05) is 7.05 Å². The molecule has 96 valence electrons. The third-order valence-electron chi connectivity index (χ3n) is 3.18. The van der Waals surface area contributed by atoms with Gasteiger partial charge in [-0.15, -0.1) is 0 Å². The molecule has 1 rings (SSSR count). The SMILES string of the molecule is CNC1CCN(CCCCC(F)(F)F)CC1. The summed E-state index contributed by atoms with van der Waals surface area (Å²) in [7, 11) is 1.96. The van der Waals surface area contributed by atoms with Crippen molar-refractivity contribution in [2.24, 2.45) is 0 Å². The molecule has 1 fully saturated rings. The largest absolute Gasteiger partial charge is 0.389 e. The van der Waals surface area contributed by atoms with Crippen LogP contribution >= 0.6 is 0 Å². The number of nitrogens with one attached hydrogen (secondary N) is 1. The minimum absolute atomic E-state index is 0.259. The van der Waals surface area contributed by atoms with E-state index in [0.717, 1.165) is 32.5 Å². The highest BCUT2D eigenvalue weighted by molar-refractivity contribution is 4.75. The van der Waals surface area contributed by atoms with Gasteiger partial charge in [-0.1, -0.05) is 0 Å². The van der Waals surface area contributed by atoms with E-state index in [9.17, 15) is 13.2 Å². The second kappa shape index (κ2) is 6.45. The van der Waals surface area contributed by atoms with Gasteiger partial charge in [-0.05, 0) is 52.4 Å². The quantitative estimate of drug-likeness (QED) is 0.740. The van der Waals surface area contributed by atoms with Crippen molar-refractivity contribution < 1.29 is 13.2 Å². The summed E-state index contributed by atoms with van der Waals surface area (Å²) in [5, 5.41) is 3.24. The van der Waals surface area contributed by atoms with Gasteiger partial charge in [0.25, 0.3) is 0 Å². The van der Waals surface area contributed by atoms with Gasteiger partial charge in [0.1, 0.15) is 0 Å². The minimum Gasteiger partial charge on any atom is -0.317 e. The van der Waals surface area contributed by atoms with Crippen LogP contribution in [-0.2, 0) is 0 Å². The van der Waals surface area contributed by atoms with Crippen LogP contribution in [0.25, 0.3) is 0 Å². The summed E-state index contributed by atoms with van der Waals surface area (Å²) in [4.78, 5) is 2.27. The first-order valence-corrected chi connectivity index (χ1v) is 5.97. The molecule has 0 saturated carbocycles. The van der Waals surface area contributed by atoms with Crippen LogP contribution < -0.4 is 5.32 Å². The van der Waals surface area contributed by atoms with Gasteiger partial charge >= 0.3 is 6.18 Å². The first-order chi connectivity index (χ1) is 7.51. The maximum Gasteiger partial charge on any atom is 0.389 e. The van der Waals surface area contributed by atoms with Gasteiger partial charge in [0.2, 0.25) is 0 Å². The van der Waals surface area contributed by atoms with Crippen molar-refractivity contribution in [3.63, 3.8) is 0 Å². The molecule has 1 aliphatic heterocycles. The number of piperidine rings is 1.